The maximum Gasteiger partial charge on any atom is 0.416 e. The SMILES string of the molecule is COc1ccc([C@@H](N)C(F)(F)F)c(C(F)(F)F)c1.Cl. The van der Waals surface area contributed by atoms with Crippen molar-refractivity contribution < 1.29 is 31.1 Å². The summed E-state index contributed by atoms with van der Waals surface area (Å²) >= 11 is 0. The molecule has 19 heavy (non-hydrogen) atoms. The van der Waals surface area contributed by atoms with Crippen LogP contribution in [0.25, 0.3) is 0 Å². The lowest BCUT2D eigenvalue weighted by atomic mass is 9.99. The zero-order valence-electron chi connectivity index (χ0n) is 9.47. The third-order valence-corrected chi connectivity index (χ3v) is 2.25. The molecule has 0 amide bonds. The number of halogens is 7. The van der Waals surface area contributed by atoms with Gasteiger partial charge in [0, 0.05) is 0 Å². The summed E-state index contributed by atoms with van der Waals surface area (Å²) in [6.45, 7) is 0. The first kappa shape index (κ1) is 17.8. The summed E-state index contributed by atoms with van der Waals surface area (Å²) < 4.78 is 79.5. The van der Waals surface area contributed by atoms with Crippen molar-refractivity contribution in [3.05, 3.63) is 29.3 Å². The molecular weight excluding hydrogens is 300 g/mol. The Morgan fingerprint density at radius 1 is 1.11 bits per heavy atom. The third-order valence-electron chi connectivity index (χ3n) is 2.25. The van der Waals surface area contributed by atoms with Gasteiger partial charge < -0.3 is 10.5 Å². The molecule has 0 aromatic heterocycles. The van der Waals surface area contributed by atoms with E-state index in [4.69, 9.17) is 5.73 Å². The Labute approximate surface area is 110 Å². The van der Waals surface area contributed by atoms with Crippen LogP contribution in [0, 0.1) is 0 Å². The van der Waals surface area contributed by atoms with E-state index >= 15 is 0 Å². The molecule has 2 nitrogen and oxygen atoms in total. The van der Waals surface area contributed by atoms with E-state index in [0.29, 0.717) is 12.1 Å². The first-order valence-electron chi connectivity index (χ1n) is 4.64. The highest BCUT2D eigenvalue weighted by Crippen LogP contribution is 2.40. The van der Waals surface area contributed by atoms with Crippen molar-refractivity contribution in [1.82, 2.24) is 0 Å². The minimum atomic E-state index is -4.95. The third kappa shape index (κ3) is 4.17. The standard InChI is InChI=1S/C10H9F6NO.ClH/c1-18-5-2-3-6(8(17)10(14,15)16)7(4-5)9(11,12)13;/h2-4,8H,17H2,1H3;1H/t8-;/m1./s1. The van der Waals surface area contributed by atoms with Crippen LogP contribution < -0.4 is 10.5 Å². The maximum atomic E-state index is 12.6. The molecule has 0 bridgehead atoms. The molecule has 1 aromatic carbocycles. The van der Waals surface area contributed by atoms with Gasteiger partial charge in [-0.25, -0.2) is 0 Å². The van der Waals surface area contributed by atoms with Crippen molar-refractivity contribution in [2.75, 3.05) is 7.11 Å². The number of hydrogen-bond donors (Lipinski definition) is 1. The van der Waals surface area contributed by atoms with E-state index in [1.807, 2.05) is 0 Å². The summed E-state index contributed by atoms with van der Waals surface area (Å²) in [6.07, 6.45) is -9.89. The van der Waals surface area contributed by atoms with E-state index in [1.54, 1.807) is 0 Å². The lowest BCUT2D eigenvalue weighted by Crippen LogP contribution is -2.30. The Morgan fingerprint density at radius 2 is 1.63 bits per heavy atom. The van der Waals surface area contributed by atoms with E-state index in [-0.39, 0.29) is 18.2 Å². The first-order chi connectivity index (χ1) is 8.07. The van der Waals surface area contributed by atoms with E-state index in [0.717, 1.165) is 13.2 Å². The average molecular weight is 310 g/mol. The van der Waals surface area contributed by atoms with Gasteiger partial charge in [0.15, 0.2) is 0 Å². The lowest BCUT2D eigenvalue weighted by Gasteiger charge is -2.21. The van der Waals surface area contributed by atoms with Gasteiger partial charge in [-0.1, -0.05) is 6.07 Å². The molecule has 0 aliphatic rings. The van der Waals surface area contributed by atoms with Gasteiger partial charge in [-0.2, -0.15) is 26.3 Å². The molecule has 0 radical (unpaired) electrons. The molecule has 0 aliphatic carbocycles. The second kappa shape index (κ2) is 5.87. The Morgan fingerprint density at radius 3 is 2.00 bits per heavy atom. The van der Waals surface area contributed by atoms with Gasteiger partial charge in [-0.05, 0) is 17.7 Å². The summed E-state index contributed by atoms with van der Waals surface area (Å²) in [5.41, 5.74) is 2.31. The molecular formula is C10H10ClF6NO. The highest BCUT2D eigenvalue weighted by atomic mass is 35.5. The van der Waals surface area contributed by atoms with Crippen molar-refractivity contribution in [2.24, 2.45) is 5.73 Å². The fourth-order valence-electron chi connectivity index (χ4n) is 1.36. The number of benzene rings is 1. The number of nitrogens with two attached hydrogens (primary N) is 1. The monoisotopic (exact) mass is 309 g/mol. The average Bonchev–Trinajstić information content (AvgIpc) is 2.24. The smallest absolute Gasteiger partial charge is 0.416 e. The molecule has 110 valence electrons. The molecule has 0 unspecified atom stereocenters. The molecule has 0 heterocycles. The van der Waals surface area contributed by atoms with Gasteiger partial charge in [-0.3, -0.25) is 0 Å². The number of rotatable bonds is 2. The van der Waals surface area contributed by atoms with Crippen LogP contribution in [-0.4, -0.2) is 13.3 Å². The number of alkyl halides is 6. The van der Waals surface area contributed by atoms with E-state index in [9.17, 15) is 26.3 Å². The molecule has 9 heteroatoms. The largest absolute Gasteiger partial charge is 0.497 e. The fraction of sp³-hybridized carbons (Fsp3) is 0.400. The lowest BCUT2D eigenvalue weighted by molar-refractivity contribution is -0.155. The summed E-state index contributed by atoms with van der Waals surface area (Å²) in [6, 6.07) is -0.545. The molecule has 1 aromatic rings. The van der Waals surface area contributed by atoms with Crippen LogP contribution in [-0.2, 0) is 6.18 Å². The zero-order chi connectivity index (χ0) is 14.1. The summed E-state index contributed by atoms with van der Waals surface area (Å²) in [5, 5.41) is 0. The Kier molecular flexibility index (Phi) is 5.52. The van der Waals surface area contributed by atoms with Gasteiger partial charge >= 0.3 is 12.4 Å². The Bertz CT molecular complexity index is 431. The first-order valence-corrected chi connectivity index (χ1v) is 4.64. The van der Waals surface area contributed by atoms with Gasteiger partial charge in [0.25, 0.3) is 0 Å². The van der Waals surface area contributed by atoms with Gasteiger partial charge in [0.05, 0.1) is 12.7 Å². The second-order valence-corrected chi connectivity index (χ2v) is 3.47. The molecule has 0 saturated carbocycles. The van der Waals surface area contributed by atoms with E-state index < -0.39 is 29.5 Å². The van der Waals surface area contributed by atoms with Crippen molar-refractivity contribution in [2.45, 2.75) is 18.4 Å². The topological polar surface area (TPSA) is 35.2 Å². The van der Waals surface area contributed by atoms with Crippen molar-refractivity contribution in [1.29, 1.82) is 0 Å². The number of hydrogen-bond acceptors (Lipinski definition) is 2. The van der Waals surface area contributed by atoms with Crippen LogP contribution in [0.2, 0.25) is 0 Å². The number of methoxy groups -OCH3 is 1. The maximum absolute atomic E-state index is 12.6. The molecule has 0 spiro atoms. The van der Waals surface area contributed by atoms with Gasteiger partial charge in [0.2, 0.25) is 0 Å². The van der Waals surface area contributed by atoms with Crippen LogP contribution >= 0.6 is 12.4 Å². The van der Waals surface area contributed by atoms with Crippen LogP contribution in [0.1, 0.15) is 17.2 Å². The minimum Gasteiger partial charge on any atom is -0.497 e. The van der Waals surface area contributed by atoms with E-state index in [1.165, 1.54) is 0 Å². The van der Waals surface area contributed by atoms with Crippen molar-refractivity contribution in [3.63, 3.8) is 0 Å². The molecule has 1 rings (SSSR count). The van der Waals surface area contributed by atoms with Crippen molar-refractivity contribution in [3.8, 4) is 5.75 Å². The normalized spacial score (nSPS) is 13.7. The molecule has 2 N–H and O–H groups in total. The molecule has 1 atom stereocenters. The van der Waals surface area contributed by atoms with Crippen LogP contribution in [0.5, 0.6) is 5.75 Å². The number of ether oxygens (including phenoxy) is 1. The zero-order valence-corrected chi connectivity index (χ0v) is 10.3. The highest BCUT2D eigenvalue weighted by molar-refractivity contribution is 5.85. The van der Waals surface area contributed by atoms with Crippen LogP contribution in [0.15, 0.2) is 18.2 Å². The summed E-state index contributed by atoms with van der Waals surface area (Å²) in [4.78, 5) is 0. The minimum absolute atomic E-state index is 0. The summed E-state index contributed by atoms with van der Waals surface area (Å²) in [5.74, 6) is -0.194. The predicted octanol–water partition coefficient (Wildman–Crippen LogP) is 3.70. The quantitative estimate of drug-likeness (QED) is 0.846. The molecule has 0 fully saturated rings. The van der Waals surface area contributed by atoms with E-state index in [2.05, 4.69) is 4.74 Å². The molecule has 0 aliphatic heterocycles. The summed E-state index contributed by atoms with van der Waals surface area (Å²) in [7, 11) is 1.11. The Balaban J connectivity index is 0.00000324. The fourth-order valence-corrected chi connectivity index (χ4v) is 1.36. The molecule has 0 saturated heterocycles. The van der Waals surface area contributed by atoms with Gasteiger partial charge in [0.1, 0.15) is 11.8 Å². The Hall–Kier alpha value is -1.15. The van der Waals surface area contributed by atoms with Crippen LogP contribution in [0.4, 0.5) is 26.3 Å². The highest BCUT2D eigenvalue weighted by Gasteiger charge is 2.43. The van der Waals surface area contributed by atoms with Crippen LogP contribution in [0.3, 0.4) is 0 Å². The predicted molar refractivity (Wildman–Crippen MR) is 58.2 cm³/mol. The second-order valence-electron chi connectivity index (χ2n) is 3.47. The van der Waals surface area contributed by atoms with Gasteiger partial charge in [-0.15, -0.1) is 12.4 Å². The van der Waals surface area contributed by atoms with Crippen molar-refractivity contribution >= 4 is 12.4 Å².